The Hall–Kier alpha value is -0.500. The monoisotopic (exact) mass is 389 g/mol. The highest BCUT2D eigenvalue weighted by Crippen LogP contribution is 2.28. The maximum atomic E-state index is 12.8. The molecule has 1 aromatic rings. The van der Waals surface area contributed by atoms with Gasteiger partial charge in [0.15, 0.2) is 0 Å². The standard InChI is InChI=1S/C11H11ClF2INO2/c1-2-18-9(17)3-6-7(4-12)10(11(13)14)16-5-8(6)15/h5,11H,2-4H2,1H3. The number of hydrogen-bond acceptors (Lipinski definition) is 3. The van der Waals surface area contributed by atoms with Crippen molar-refractivity contribution in [2.45, 2.75) is 25.7 Å². The van der Waals surface area contributed by atoms with Gasteiger partial charge < -0.3 is 4.74 Å². The number of esters is 1. The average Bonchev–Trinajstić information content (AvgIpc) is 2.31. The highest BCUT2D eigenvalue weighted by Gasteiger charge is 2.21. The summed E-state index contributed by atoms with van der Waals surface area (Å²) in [6.45, 7) is 1.93. The van der Waals surface area contributed by atoms with Crippen LogP contribution < -0.4 is 0 Å². The lowest BCUT2D eigenvalue weighted by atomic mass is 10.1. The minimum absolute atomic E-state index is 0.0730. The predicted molar refractivity (Wildman–Crippen MR) is 71.8 cm³/mol. The second-order valence-electron chi connectivity index (χ2n) is 3.36. The van der Waals surface area contributed by atoms with Crippen LogP contribution in [0.2, 0.25) is 0 Å². The molecule has 1 aromatic heterocycles. The number of alkyl halides is 3. The van der Waals surface area contributed by atoms with Gasteiger partial charge in [-0.3, -0.25) is 9.78 Å². The molecule has 0 aliphatic heterocycles. The number of carbonyl (C=O) groups excluding carboxylic acids is 1. The first kappa shape index (κ1) is 15.6. The Kier molecular flexibility index (Phi) is 6.20. The number of nitrogens with zero attached hydrogens (tertiary/aromatic N) is 1. The molecule has 7 heteroatoms. The van der Waals surface area contributed by atoms with E-state index < -0.39 is 12.4 Å². The summed E-state index contributed by atoms with van der Waals surface area (Å²) in [6, 6.07) is 0. The molecule has 18 heavy (non-hydrogen) atoms. The normalized spacial score (nSPS) is 10.8. The fourth-order valence-electron chi connectivity index (χ4n) is 1.47. The lowest BCUT2D eigenvalue weighted by Gasteiger charge is -2.13. The Morgan fingerprint density at radius 2 is 2.22 bits per heavy atom. The van der Waals surface area contributed by atoms with Gasteiger partial charge in [0, 0.05) is 15.6 Å². The van der Waals surface area contributed by atoms with Crippen LogP contribution in [-0.4, -0.2) is 17.6 Å². The average molecular weight is 390 g/mol. The molecule has 1 heterocycles. The second-order valence-corrected chi connectivity index (χ2v) is 4.79. The molecule has 0 N–H and O–H groups in total. The molecule has 0 radical (unpaired) electrons. The third-order valence-electron chi connectivity index (χ3n) is 2.25. The highest BCUT2D eigenvalue weighted by molar-refractivity contribution is 14.1. The number of carbonyl (C=O) groups is 1. The van der Waals surface area contributed by atoms with E-state index in [1.54, 1.807) is 6.92 Å². The van der Waals surface area contributed by atoms with Crippen molar-refractivity contribution < 1.29 is 18.3 Å². The zero-order valence-electron chi connectivity index (χ0n) is 9.55. The predicted octanol–water partition coefficient (Wildman–Crippen LogP) is 3.47. The molecule has 100 valence electrons. The van der Waals surface area contributed by atoms with Gasteiger partial charge in [0.25, 0.3) is 6.43 Å². The molecule has 0 spiro atoms. The van der Waals surface area contributed by atoms with E-state index in [0.29, 0.717) is 9.13 Å². The summed E-state index contributed by atoms with van der Waals surface area (Å²) in [5, 5.41) is 0. The summed E-state index contributed by atoms with van der Waals surface area (Å²) in [5.74, 6) is -0.577. The first-order valence-corrected chi connectivity index (χ1v) is 6.78. The van der Waals surface area contributed by atoms with Crippen molar-refractivity contribution in [1.29, 1.82) is 0 Å². The van der Waals surface area contributed by atoms with Gasteiger partial charge in [-0.15, -0.1) is 11.6 Å². The van der Waals surface area contributed by atoms with E-state index in [1.807, 2.05) is 22.6 Å². The summed E-state index contributed by atoms with van der Waals surface area (Å²) < 4.78 is 31.0. The van der Waals surface area contributed by atoms with E-state index in [0.717, 1.165) is 0 Å². The SMILES string of the molecule is CCOC(=O)Cc1c(I)cnc(C(F)F)c1CCl. The molecule has 0 bridgehead atoms. The van der Waals surface area contributed by atoms with Crippen molar-refractivity contribution in [1.82, 2.24) is 4.98 Å². The molecule has 0 aromatic carbocycles. The van der Waals surface area contributed by atoms with Gasteiger partial charge in [-0.25, -0.2) is 8.78 Å². The van der Waals surface area contributed by atoms with Crippen LogP contribution in [0, 0.1) is 3.57 Å². The van der Waals surface area contributed by atoms with Crippen LogP contribution in [0.4, 0.5) is 8.78 Å². The van der Waals surface area contributed by atoms with E-state index in [-0.39, 0.29) is 30.2 Å². The van der Waals surface area contributed by atoms with Crippen LogP contribution in [0.1, 0.15) is 30.2 Å². The third kappa shape index (κ3) is 3.74. The Bertz CT molecular complexity index is 443. The van der Waals surface area contributed by atoms with Crippen molar-refractivity contribution in [3.8, 4) is 0 Å². The summed E-state index contributed by atoms with van der Waals surface area (Å²) in [4.78, 5) is 15.1. The zero-order chi connectivity index (χ0) is 13.7. The number of rotatable bonds is 5. The topological polar surface area (TPSA) is 39.2 Å². The number of aromatic nitrogens is 1. The van der Waals surface area contributed by atoms with Crippen molar-refractivity contribution >= 4 is 40.2 Å². The first-order chi connectivity index (χ1) is 8.51. The van der Waals surface area contributed by atoms with Crippen LogP contribution in [0.3, 0.4) is 0 Å². The van der Waals surface area contributed by atoms with Crippen molar-refractivity contribution in [2.75, 3.05) is 6.61 Å². The zero-order valence-corrected chi connectivity index (χ0v) is 12.5. The second kappa shape index (κ2) is 7.18. The molecule has 0 aliphatic rings. The molecule has 3 nitrogen and oxygen atoms in total. The Labute approximate surface area is 122 Å². The first-order valence-electron chi connectivity index (χ1n) is 5.17. The molecule has 0 saturated carbocycles. The molecular weight excluding hydrogens is 378 g/mol. The van der Waals surface area contributed by atoms with Crippen molar-refractivity contribution in [3.63, 3.8) is 0 Å². The number of hydrogen-bond donors (Lipinski definition) is 0. The van der Waals surface area contributed by atoms with Crippen molar-refractivity contribution in [2.24, 2.45) is 0 Å². The van der Waals surface area contributed by atoms with Crippen LogP contribution >= 0.6 is 34.2 Å². The molecule has 1 rings (SSSR count). The molecule has 0 saturated heterocycles. The quantitative estimate of drug-likeness (QED) is 0.440. The lowest BCUT2D eigenvalue weighted by Crippen LogP contribution is -2.13. The smallest absolute Gasteiger partial charge is 0.310 e. The molecule has 0 unspecified atom stereocenters. The summed E-state index contributed by atoms with van der Waals surface area (Å²) >= 11 is 7.62. The van der Waals surface area contributed by atoms with Gasteiger partial charge >= 0.3 is 5.97 Å². The summed E-state index contributed by atoms with van der Waals surface area (Å²) in [6.07, 6.45) is -1.47. The van der Waals surface area contributed by atoms with Gasteiger partial charge in [-0.1, -0.05) is 0 Å². The minimum atomic E-state index is -2.71. The summed E-state index contributed by atoms with van der Waals surface area (Å²) in [7, 11) is 0. The number of pyridine rings is 1. The highest BCUT2D eigenvalue weighted by atomic mass is 127. The fourth-order valence-corrected chi connectivity index (χ4v) is 2.42. The molecular formula is C11H11ClF2INO2. The van der Waals surface area contributed by atoms with Gasteiger partial charge in [0.05, 0.1) is 13.0 Å². The Balaban J connectivity index is 3.15. The van der Waals surface area contributed by atoms with E-state index >= 15 is 0 Å². The lowest BCUT2D eigenvalue weighted by molar-refractivity contribution is -0.142. The largest absolute Gasteiger partial charge is 0.466 e. The fraction of sp³-hybridized carbons (Fsp3) is 0.455. The summed E-state index contributed by atoms with van der Waals surface area (Å²) in [5.41, 5.74) is 0.311. The maximum absolute atomic E-state index is 12.8. The van der Waals surface area contributed by atoms with Crippen molar-refractivity contribution in [3.05, 3.63) is 26.6 Å². The van der Waals surface area contributed by atoms with Crippen LogP contribution in [0.5, 0.6) is 0 Å². The molecule has 0 aliphatic carbocycles. The molecule has 0 amide bonds. The van der Waals surface area contributed by atoms with E-state index in [2.05, 4.69) is 4.98 Å². The van der Waals surface area contributed by atoms with Crippen LogP contribution in [0.25, 0.3) is 0 Å². The van der Waals surface area contributed by atoms with Gasteiger partial charge in [-0.2, -0.15) is 0 Å². The van der Waals surface area contributed by atoms with Gasteiger partial charge in [-0.05, 0) is 40.6 Å². The molecule has 0 fully saturated rings. The van der Waals surface area contributed by atoms with E-state index in [1.165, 1.54) is 6.20 Å². The van der Waals surface area contributed by atoms with E-state index in [4.69, 9.17) is 16.3 Å². The number of halogens is 4. The van der Waals surface area contributed by atoms with E-state index in [9.17, 15) is 13.6 Å². The number of ether oxygens (including phenoxy) is 1. The van der Waals surface area contributed by atoms with Crippen LogP contribution in [0.15, 0.2) is 6.20 Å². The Morgan fingerprint density at radius 3 is 2.72 bits per heavy atom. The minimum Gasteiger partial charge on any atom is -0.466 e. The third-order valence-corrected chi connectivity index (χ3v) is 3.44. The Morgan fingerprint density at radius 1 is 1.56 bits per heavy atom. The van der Waals surface area contributed by atoms with Crippen LogP contribution in [-0.2, 0) is 21.8 Å². The van der Waals surface area contributed by atoms with Gasteiger partial charge in [0.1, 0.15) is 5.69 Å². The molecule has 0 atom stereocenters. The maximum Gasteiger partial charge on any atom is 0.310 e. The van der Waals surface area contributed by atoms with Gasteiger partial charge in [0.2, 0.25) is 0 Å².